The molecule has 1 aromatic heterocycles. The van der Waals surface area contributed by atoms with E-state index in [1.165, 1.54) is 0 Å². The number of hydrogen-bond acceptors (Lipinski definition) is 5. The minimum absolute atomic E-state index is 0.364. The van der Waals surface area contributed by atoms with Crippen molar-refractivity contribution in [1.82, 2.24) is 14.6 Å². The molecule has 1 aromatic rings. The minimum atomic E-state index is 0.364. The van der Waals surface area contributed by atoms with E-state index in [-0.39, 0.29) is 0 Å². The topological polar surface area (TPSA) is 96.9 Å². The molecule has 1 aliphatic heterocycles. The molecule has 0 amide bonds. The smallest absolute Gasteiger partial charge is 0.206 e. The van der Waals surface area contributed by atoms with Crippen LogP contribution in [-0.4, -0.2) is 26.9 Å². The van der Waals surface area contributed by atoms with Crippen molar-refractivity contribution in [3.05, 3.63) is 11.9 Å². The van der Waals surface area contributed by atoms with E-state index < -0.39 is 0 Å². The molecule has 12 heavy (non-hydrogen) atoms. The lowest BCUT2D eigenvalue weighted by molar-refractivity contribution is 0.295. The number of anilines is 1. The summed E-state index contributed by atoms with van der Waals surface area (Å²) >= 11 is 0. The molecule has 64 valence electrons. The predicted molar refractivity (Wildman–Crippen MR) is 44.4 cm³/mol. The number of nitrogen functional groups attached to an aromatic ring is 1. The van der Waals surface area contributed by atoms with Crippen LogP contribution in [0.1, 0.15) is 5.69 Å². The Balaban J connectivity index is 2.50. The fourth-order valence-corrected chi connectivity index (χ4v) is 1.35. The van der Waals surface area contributed by atoms with Gasteiger partial charge in [0, 0.05) is 0 Å². The average Bonchev–Trinajstić information content (AvgIpc) is 2.31. The predicted octanol–water partition coefficient (Wildman–Crippen LogP) is -1.02. The first-order chi connectivity index (χ1) is 5.68. The number of nitrogens with one attached hydrogen (secondary N) is 1. The Morgan fingerprint density at radius 1 is 1.50 bits per heavy atom. The molecule has 0 aliphatic carbocycles. The van der Waals surface area contributed by atoms with Crippen LogP contribution in [0.5, 0.6) is 0 Å². The molecule has 0 saturated heterocycles. The van der Waals surface area contributed by atoms with Gasteiger partial charge in [0.05, 0.1) is 25.0 Å². The molecule has 2 rings (SSSR count). The van der Waals surface area contributed by atoms with Gasteiger partial charge in [-0.05, 0) is 0 Å². The summed E-state index contributed by atoms with van der Waals surface area (Å²) in [5.74, 6) is 6.29. The SMILES string of the molecule is N=C1CN(N)Cc2cnc(N)n21. The summed E-state index contributed by atoms with van der Waals surface area (Å²) in [5, 5.41) is 9.13. The van der Waals surface area contributed by atoms with Crippen LogP contribution in [0.2, 0.25) is 0 Å². The molecular formula is C6H10N6. The highest BCUT2D eigenvalue weighted by atomic mass is 15.4. The van der Waals surface area contributed by atoms with Gasteiger partial charge in [0.1, 0.15) is 5.84 Å². The Hall–Kier alpha value is -1.40. The van der Waals surface area contributed by atoms with Gasteiger partial charge in [0.2, 0.25) is 5.95 Å². The lowest BCUT2D eigenvalue weighted by Gasteiger charge is -2.24. The van der Waals surface area contributed by atoms with Crippen LogP contribution in [-0.2, 0) is 6.54 Å². The van der Waals surface area contributed by atoms with Gasteiger partial charge in [0.25, 0.3) is 0 Å². The molecular weight excluding hydrogens is 156 g/mol. The molecule has 1 aliphatic rings. The third kappa shape index (κ3) is 0.892. The third-order valence-electron chi connectivity index (χ3n) is 1.85. The lowest BCUT2D eigenvalue weighted by atomic mass is 10.3. The average molecular weight is 166 g/mol. The van der Waals surface area contributed by atoms with Crippen molar-refractivity contribution in [2.24, 2.45) is 5.84 Å². The van der Waals surface area contributed by atoms with Crippen molar-refractivity contribution < 1.29 is 0 Å². The lowest BCUT2D eigenvalue weighted by Crippen LogP contribution is -2.43. The van der Waals surface area contributed by atoms with Crippen molar-refractivity contribution in [1.29, 1.82) is 5.41 Å². The zero-order chi connectivity index (χ0) is 8.72. The number of aromatic nitrogens is 2. The fraction of sp³-hybridized carbons (Fsp3) is 0.333. The number of hydrogen-bond donors (Lipinski definition) is 3. The van der Waals surface area contributed by atoms with Crippen LogP contribution in [0.25, 0.3) is 0 Å². The van der Waals surface area contributed by atoms with E-state index in [4.69, 9.17) is 17.0 Å². The van der Waals surface area contributed by atoms with Crippen molar-refractivity contribution in [3.8, 4) is 0 Å². The number of imidazole rings is 1. The van der Waals surface area contributed by atoms with Gasteiger partial charge < -0.3 is 5.73 Å². The zero-order valence-electron chi connectivity index (χ0n) is 6.49. The molecule has 0 bridgehead atoms. The summed E-state index contributed by atoms with van der Waals surface area (Å²) in [6.45, 7) is 1.00. The van der Waals surface area contributed by atoms with Crippen molar-refractivity contribution in [3.63, 3.8) is 0 Å². The monoisotopic (exact) mass is 166 g/mol. The second-order valence-electron chi connectivity index (χ2n) is 2.79. The number of nitrogens with two attached hydrogens (primary N) is 2. The molecule has 6 nitrogen and oxygen atoms in total. The van der Waals surface area contributed by atoms with E-state index in [1.54, 1.807) is 15.8 Å². The first-order valence-corrected chi connectivity index (χ1v) is 3.58. The van der Waals surface area contributed by atoms with E-state index in [1.807, 2.05) is 0 Å². The first-order valence-electron chi connectivity index (χ1n) is 3.58. The summed E-state index contributed by atoms with van der Waals surface area (Å²) in [6.07, 6.45) is 1.64. The van der Waals surface area contributed by atoms with E-state index in [0.29, 0.717) is 24.9 Å². The van der Waals surface area contributed by atoms with E-state index in [2.05, 4.69) is 4.98 Å². The first kappa shape index (κ1) is 7.26. The van der Waals surface area contributed by atoms with Gasteiger partial charge in [-0.25, -0.2) is 9.99 Å². The van der Waals surface area contributed by atoms with Crippen LogP contribution < -0.4 is 11.6 Å². The normalized spacial score (nSPS) is 17.9. The zero-order valence-corrected chi connectivity index (χ0v) is 6.49. The Morgan fingerprint density at radius 2 is 2.25 bits per heavy atom. The van der Waals surface area contributed by atoms with Crippen LogP contribution in [0.3, 0.4) is 0 Å². The summed E-state index contributed by atoms with van der Waals surface area (Å²) in [4.78, 5) is 3.90. The maximum Gasteiger partial charge on any atom is 0.206 e. The summed E-state index contributed by atoms with van der Waals surface area (Å²) in [5.41, 5.74) is 6.42. The Morgan fingerprint density at radius 3 is 3.00 bits per heavy atom. The Kier molecular flexibility index (Phi) is 1.39. The maximum atomic E-state index is 7.58. The highest BCUT2D eigenvalue weighted by molar-refractivity contribution is 5.87. The van der Waals surface area contributed by atoms with E-state index >= 15 is 0 Å². The Labute approximate surface area is 69.3 Å². The standard InChI is InChI=1S/C6H10N6/c7-5-3-11(9)2-4-1-10-6(8)12(4)5/h1,7H,2-3,9H2,(H2,8,10). The molecule has 0 atom stereocenters. The number of hydrazine groups is 1. The maximum absolute atomic E-state index is 7.58. The Bertz CT molecular complexity index is 327. The van der Waals surface area contributed by atoms with E-state index in [9.17, 15) is 0 Å². The number of rotatable bonds is 0. The van der Waals surface area contributed by atoms with Gasteiger partial charge >= 0.3 is 0 Å². The highest BCUT2D eigenvalue weighted by Crippen LogP contribution is 2.12. The molecule has 0 fully saturated rings. The summed E-state index contributed by atoms with van der Waals surface area (Å²) in [6, 6.07) is 0. The number of fused-ring (bicyclic) bond motifs is 1. The molecule has 0 unspecified atom stereocenters. The molecule has 5 N–H and O–H groups in total. The molecule has 6 heteroatoms. The van der Waals surface area contributed by atoms with Gasteiger partial charge in [0.15, 0.2) is 0 Å². The third-order valence-corrected chi connectivity index (χ3v) is 1.85. The second-order valence-corrected chi connectivity index (χ2v) is 2.79. The van der Waals surface area contributed by atoms with Crippen LogP contribution in [0.4, 0.5) is 5.95 Å². The van der Waals surface area contributed by atoms with Gasteiger partial charge in [-0.15, -0.1) is 0 Å². The minimum Gasteiger partial charge on any atom is -0.369 e. The fourth-order valence-electron chi connectivity index (χ4n) is 1.35. The van der Waals surface area contributed by atoms with Crippen molar-refractivity contribution in [2.75, 3.05) is 12.3 Å². The summed E-state index contributed by atoms with van der Waals surface area (Å²) < 4.78 is 1.61. The van der Waals surface area contributed by atoms with Crippen LogP contribution in [0, 0.1) is 5.41 Å². The van der Waals surface area contributed by atoms with Gasteiger partial charge in [-0.1, -0.05) is 0 Å². The van der Waals surface area contributed by atoms with E-state index in [0.717, 1.165) is 5.69 Å². The molecule has 0 spiro atoms. The quantitative estimate of drug-likeness (QED) is 0.430. The van der Waals surface area contributed by atoms with Gasteiger partial charge in [-0.2, -0.15) is 0 Å². The largest absolute Gasteiger partial charge is 0.369 e. The summed E-state index contributed by atoms with van der Waals surface area (Å²) in [7, 11) is 0. The van der Waals surface area contributed by atoms with Crippen molar-refractivity contribution >= 4 is 11.8 Å². The van der Waals surface area contributed by atoms with Gasteiger partial charge in [-0.3, -0.25) is 15.8 Å². The van der Waals surface area contributed by atoms with Crippen LogP contribution in [0.15, 0.2) is 6.20 Å². The molecule has 0 radical (unpaired) electrons. The number of nitrogens with zero attached hydrogens (tertiary/aromatic N) is 3. The molecule has 0 aromatic carbocycles. The second kappa shape index (κ2) is 2.29. The molecule has 2 heterocycles. The van der Waals surface area contributed by atoms with Crippen molar-refractivity contribution in [2.45, 2.75) is 6.54 Å². The van der Waals surface area contributed by atoms with Crippen LogP contribution >= 0.6 is 0 Å². The highest BCUT2D eigenvalue weighted by Gasteiger charge is 2.20. The molecule has 0 saturated carbocycles.